The van der Waals surface area contributed by atoms with Crippen LogP contribution in [-0.2, 0) is 16.0 Å². The molecule has 8 heteroatoms. The number of hydrogen-bond acceptors (Lipinski definition) is 4. The first-order chi connectivity index (χ1) is 15.0. The number of carbonyl (C=O) groups excluding carboxylic acids is 2. The lowest BCUT2D eigenvalue weighted by Crippen LogP contribution is -2.48. The zero-order valence-electron chi connectivity index (χ0n) is 18.0. The third-order valence-electron chi connectivity index (χ3n) is 6.08. The molecule has 1 saturated carbocycles. The van der Waals surface area contributed by atoms with Crippen molar-refractivity contribution < 1.29 is 23.1 Å². The number of benzene rings is 1. The van der Waals surface area contributed by atoms with Crippen LogP contribution in [0.25, 0.3) is 0 Å². The maximum Gasteiger partial charge on any atom is 0.387 e. The molecule has 2 fully saturated rings. The van der Waals surface area contributed by atoms with Crippen molar-refractivity contribution in [3.05, 3.63) is 29.8 Å². The Labute approximate surface area is 182 Å². The number of likely N-dealkylation sites (tertiary alicyclic amines) is 1. The number of piperidine rings is 1. The lowest BCUT2D eigenvalue weighted by Gasteiger charge is -2.33. The Kier molecular flexibility index (Phi) is 9.06. The molecule has 3 rings (SSSR count). The Balaban J connectivity index is 1.35. The highest BCUT2D eigenvalue weighted by molar-refractivity contribution is 5.80. The maximum atomic E-state index is 12.6. The van der Waals surface area contributed by atoms with E-state index in [4.69, 9.17) is 0 Å². The van der Waals surface area contributed by atoms with Crippen LogP contribution in [0.15, 0.2) is 24.3 Å². The van der Waals surface area contributed by atoms with E-state index in [9.17, 15) is 18.4 Å². The molecule has 6 nitrogen and oxygen atoms in total. The van der Waals surface area contributed by atoms with E-state index in [0.717, 1.165) is 37.8 Å². The van der Waals surface area contributed by atoms with E-state index in [1.807, 2.05) is 0 Å². The predicted octanol–water partition coefficient (Wildman–Crippen LogP) is 3.11. The van der Waals surface area contributed by atoms with Crippen molar-refractivity contribution in [3.63, 3.8) is 0 Å². The topological polar surface area (TPSA) is 70.7 Å². The van der Waals surface area contributed by atoms with Crippen molar-refractivity contribution in [2.24, 2.45) is 5.92 Å². The highest BCUT2D eigenvalue weighted by Crippen LogP contribution is 2.20. The fraction of sp³-hybridized carbons (Fsp3) is 0.652. The minimum absolute atomic E-state index is 0.0440. The number of halogens is 2. The zero-order valence-corrected chi connectivity index (χ0v) is 18.0. The van der Waals surface area contributed by atoms with Gasteiger partial charge in [-0.1, -0.05) is 31.4 Å². The summed E-state index contributed by atoms with van der Waals surface area (Å²) in [6.07, 6.45) is 8.19. The molecule has 1 aliphatic carbocycles. The lowest BCUT2D eigenvalue weighted by atomic mass is 9.93. The normalized spacial score (nSPS) is 20.4. The molecule has 1 aromatic carbocycles. The van der Waals surface area contributed by atoms with Gasteiger partial charge >= 0.3 is 6.61 Å². The van der Waals surface area contributed by atoms with Crippen LogP contribution in [0.4, 0.5) is 8.78 Å². The molecular weight excluding hydrogens is 404 g/mol. The van der Waals surface area contributed by atoms with Crippen molar-refractivity contribution in [2.75, 3.05) is 26.2 Å². The molecule has 1 aromatic rings. The second-order valence-corrected chi connectivity index (χ2v) is 8.54. The summed E-state index contributed by atoms with van der Waals surface area (Å²) in [5, 5.41) is 6.12. The molecule has 172 valence electrons. The summed E-state index contributed by atoms with van der Waals surface area (Å²) in [6, 6.07) is 6.73. The SMILES string of the molecule is O=C(CN1CCCC(C(=O)NC2CCCCC2)C1)NCCc1ccc(OC(F)F)cc1. The summed E-state index contributed by atoms with van der Waals surface area (Å²) in [5.41, 5.74) is 0.930. The molecule has 1 unspecified atom stereocenters. The number of nitrogens with zero attached hydrogens (tertiary/aromatic N) is 1. The summed E-state index contributed by atoms with van der Waals surface area (Å²) in [6.45, 7) is -0.635. The molecule has 0 aromatic heterocycles. The molecule has 2 N–H and O–H groups in total. The van der Waals surface area contributed by atoms with Gasteiger partial charge in [-0.3, -0.25) is 14.5 Å². The van der Waals surface area contributed by atoms with Crippen LogP contribution in [0.1, 0.15) is 50.5 Å². The van der Waals surface area contributed by atoms with Gasteiger partial charge in [-0.25, -0.2) is 0 Å². The number of alkyl halides is 2. The summed E-state index contributed by atoms with van der Waals surface area (Å²) < 4.78 is 28.7. The van der Waals surface area contributed by atoms with Crippen LogP contribution in [0.5, 0.6) is 5.75 Å². The van der Waals surface area contributed by atoms with E-state index in [0.29, 0.717) is 25.6 Å². The van der Waals surface area contributed by atoms with Gasteiger partial charge in [0, 0.05) is 19.1 Å². The third-order valence-corrected chi connectivity index (χ3v) is 6.08. The van der Waals surface area contributed by atoms with E-state index in [1.54, 1.807) is 12.1 Å². The van der Waals surface area contributed by atoms with Gasteiger partial charge in [-0.05, 0) is 56.3 Å². The molecule has 2 amide bonds. The van der Waals surface area contributed by atoms with Gasteiger partial charge in [0.1, 0.15) is 5.75 Å². The second kappa shape index (κ2) is 12.0. The smallest absolute Gasteiger partial charge is 0.387 e. The second-order valence-electron chi connectivity index (χ2n) is 8.54. The summed E-state index contributed by atoms with van der Waals surface area (Å²) in [7, 11) is 0. The van der Waals surface area contributed by atoms with Crippen molar-refractivity contribution in [2.45, 2.75) is 64.0 Å². The standard InChI is InChI=1S/C23H33F2N3O3/c24-23(25)31-20-10-8-17(9-11-20)12-13-26-21(29)16-28-14-4-5-18(15-28)22(30)27-19-6-2-1-3-7-19/h8-11,18-19,23H,1-7,12-16H2,(H,26,29)(H,27,30). The minimum atomic E-state index is -2.84. The quantitative estimate of drug-likeness (QED) is 0.623. The van der Waals surface area contributed by atoms with Crippen molar-refractivity contribution >= 4 is 11.8 Å². The molecule has 1 saturated heterocycles. The number of nitrogens with one attached hydrogen (secondary N) is 2. The van der Waals surface area contributed by atoms with Crippen LogP contribution in [0, 0.1) is 5.92 Å². The first kappa shape index (κ1) is 23.4. The average Bonchev–Trinajstić information content (AvgIpc) is 2.75. The van der Waals surface area contributed by atoms with Crippen LogP contribution in [0.2, 0.25) is 0 Å². The molecule has 1 heterocycles. The Morgan fingerprint density at radius 2 is 1.81 bits per heavy atom. The Morgan fingerprint density at radius 3 is 2.52 bits per heavy atom. The zero-order chi connectivity index (χ0) is 22.1. The number of rotatable bonds is 9. The first-order valence-corrected chi connectivity index (χ1v) is 11.3. The number of hydrogen-bond donors (Lipinski definition) is 2. The van der Waals surface area contributed by atoms with E-state index in [2.05, 4.69) is 20.3 Å². The Bertz CT molecular complexity index is 709. The molecule has 0 bridgehead atoms. The van der Waals surface area contributed by atoms with Crippen LogP contribution in [0.3, 0.4) is 0 Å². The highest BCUT2D eigenvalue weighted by atomic mass is 19.3. The largest absolute Gasteiger partial charge is 0.435 e. The number of amides is 2. The Morgan fingerprint density at radius 1 is 1.06 bits per heavy atom. The maximum absolute atomic E-state index is 12.6. The fourth-order valence-corrected chi connectivity index (χ4v) is 4.42. The minimum Gasteiger partial charge on any atom is -0.435 e. The van der Waals surface area contributed by atoms with Crippen LogP contribution < -0.4 is 15.4 Å². The summed E-state index contributed by atoms with van der Waals surface area (Å²) in [5.74, 6) is 0.148. The number of ether oxygens (including phenoxy) is 1. The summed E-state index contributed by atoms with van der Waals surface area (Å²) in [4.78, 5) is 27.0. The molecule has 1 atom stereocenters. The highest BCUT2D eigenvalue weighted by Gasteiger charge is 2.28. The van der Waals surface area contributed by atoms with E-state index in [1.165, 1.54) is 31.4 Å². The van der Waals surface area contributed by atoms with Gasteiger partial charge in [0.05, 0.1) is 12.5 Å². The monoisotopic (exact) mass is 437 g/mol. The van der Waals surface area contributed by atoms with Gasteiger partial charge in [-0.2, -0.15) is 8.78 Å². The Hall–Kier alpha value is -2.22. The van der Waals surface area contributed by atoms with Gasteiger partial charge in [-0.15, -0.1) is 0 Å². The number of carbonyl (C=O) groups is 2. The molecule has 31 heavy (non-hydrogen) atoms. The van der Waals surface area contributed by atoms with Gasteiger partial charge < -0.3 is 15.4 Å². The first-order valence-electron chi connectivity index (χ1n) is 11.3. The molecule has 0 spiro atoms. The van der Waals surface area contributed by atoms with Crippen molar-refractivity contribution in [1.29, 1.82) is 0 Å². The fourth-order valence-electron chi connectivity index (χ4n) is 4.42. The molecule has 0 radical (unpaired) electrons. The third kappa shape index (κ3) is 8.09. The van der Waals surface area contributed by atoms with E-state index < -0.39 is 6.61 Å². The van der Waals surface area contributed by atoms with Crippen molar-refractivity contribution in [1.82, 2.24) is 15.5 Å². The van der Waals surface area contributed by atoms with Gasteiger partial charge in [0.25, 0.3) is 0 Å². The molecule has 1 aliphatic heterocycles. The van der Waals surface area contributed by atoms with Crippen LogP contribution >= 0.6 is 0 Å². The van der Waals surface area contributed by atoms with Crippen molar-refractivity contribution in [3.8, 4) is 5.75 Å². The average molecular weight is 438 g/mol. The summed E-state index contributed by atoms with van der Waals surface area (Å²) >= 11 is 0. The van der Waals surface area contributed by atoms with Crippen LogP contribution in [-0.4, -0.2) is 55.5 Å². The lowest BCUT2D eigenvalue weighted by molar-refractivity contribution is -0.129. The predicted molar refractivity (Wildman–Crippen MR) is 114 cm³/mol. The molecular formula is C23H33F2N3O3. The molecule has 2 aliphatic rings. The van der Waals surface area contributed by atoms with Gasteiger partial charge in [0.15, 0.2) is 0 Å². The van der Waals surface area contributed by atoms with E-state index in [-0.39, 0.29) is 30.0 Å². The van der Waals surface area contributed by atoms with E-state index >= 15 is 0 Å². The van der Waals surface area contributed by atoms with Gasteiger partial charge in [0.2, 0.25) is 11.8 Å².